The Bertz CT molecular complexity index is 707. The fraction of sp³-hybridized carbons (Fsp3) is 0.600. The molecule has 0 N–H and O–H groups in total. The van der Waals surface area contributed by atoms with Gasteiger partial charge in [-0.15, -0.1) is 0 Å². The fourth-order valence-electron chi connectivity index (χ4n) is 4.39. The molecular formula is C25H36N2O. The van der Waals surface area contributed by atoms with Gasteiger partial charge in [-0.2, -0.15) is 0 Å². The lowest BCUT2D eigenvalue weighted by Crippen LogP contribution is -2.14. The zero-order valence-electron chi connectivity index (χ0n) is 17.7. The highest BCUT2D eigenvalue weighted by atomic mass is 16.5. The highest BCUT2D eigenvalue weighted by molar-refractivity contribution is 5.69. The molecule has 1 aliphatic rings. The van der Waals surface area contributed by atoms with E-state index in [9.17, 15) is 0 Å². The van der Waals surface area contributed by atoms with Gasteiger partial charge in [0.1, 0.15) is 12.1 Å². The third-order valence-electron chi connectivity index (χ3n) is 6.30. The summed E-state index contributed by atoms with van der Waals surface area (Å²) in [4.78, 5) is 8.98. The standard InChI is InChI=1S/C25H36N2O/c1-3-5-8-17-28-24-10-7-6-9-23(24)25-22(18-26-19-27-25)16-15-21-13-11-20(4-2)12-14-21/h6-7,9-10,18-21H,3-5,8,11-17H2,1-2H3. The number of hydrogen-bond acceptors (Lipinski definition) is 3. The van der Waals surface area contributed by atoms with Crippen LogP contribution in [0, 0.1) is 11.8 Å². The van der Waals surface area contributed by atoms with Crippen LogP contribution >= 0.6 is 0 Å². The van der Waals surface area contributed by atoms with Crippen molar-refractivity contribution in [3.8, 4) is 17.0 Å². The highest BCUT2D eigenvalue weighted by Crippen LogP contribution is 2.35. The molecule has 0 saturated heterocycles. The number of nitrogens with zero attached hydrogens (tertiary/aromatic N) is 2. The molecule has 1 saturated carbocycles. The van der Waals surface area contributed by atoms with Crippen LogP contribution in [0.4, 0.5) is 0 Å². The van der Waals surface area contributed by atoms with E-state index in [0.717, 1.165) is 48.3 Å². The molecule has 0 amide bonds. The second-order valence-electron chi connectivity index (χ2n) is 8.28. The molecule has 3 heteroatoms. The monoisotopic (exact) mass is 380 g/mol. The predicted octanol–water partition coefficient (Wildman–Crippen LogP) is 6.86. The summed E-state index contributed by atoms with van der Waals surface area (Å²) < 4.78 is 6.11. The lowest BCUT2D eigenvalue weighted by atomic mass is 9.78. The normalized spacial score (nSPS) is 19.5. The first kappa shape index (κ1) is 20.8. The van der Waals surface area contributed by atoms with Gasteiger partial charge in [0.05, 0.1) is 12.3 Å². The molecule has 152 valence electrons. The largest absolute Gasteiger partial charge is 0.493 e. The van der Waals surface area contributed by atoms with Crippen molar-refractivity contribution in [1.29, 1.82) is 0 Å². The fourth-order valence-corrected chi connectivity index (χ4v) is 4.39. The van der Waals surface area contributed by atoms with Crippen LogP contribution in [0.1, 0.15) is 77.2 Å². The summed E-state index contributed by atoms with van der Waals surface area (Å²) in [6.07, 6.45) is 16.4. The van der Waals surface area contributed by atoms with Gasteiger partial charge < -0.3 is 4.74 Å². The maximum atomic E-state index is 6.11. The van der Waals surface area contributed by atoms with Gasteiger partial charge in [-0.25, -0.2) is 9.97 Å². The highest BCUT2D eigenvalue weighted by Gasteiger charge is 2.20. The molecule has 28 heavy (non-hydrogen) atoms. The van der Waals surface area contributed by atoms with Crippen molar-refractivity contribution in [2.24, 2.45) is 11.8 Å². The smallest absolute Gasteiger partial charge is 0.128 e. The van der Waals surface area contributed by atoms with Crippen LogP contribution in [0.25, 0.3) is 11.3 Å². The topological polar surface area (TPSA) is 35.0 Å². The Hall–Kier alpha value is -1.90. The van der Waals surface area contributed by atoms with Crippen molar-refractivity contribution in [2.75, 3.05) is 6.61 Å². The average Bonchev–Trinajstić information content (AvgIpc) is 2.76. The molecular weight excluding hydrogens is 344 g/mol. The summed E-state index contributed by atoms with van der Waals surface area (Å²) >= 11 is 0. The Morgan fingerprint density at radius 3 is 2.57 bits per heavy atom. The van der Waals surface area contributed by atoms with Crippen molar-refractivity contribution in [3.63, 3.8) is 0 Å². The van der Waals surface area contributed by atoms with Gasteiger partial charge in [0, 0.05) is 11.8 Å². The van der Waals surface area contributed by atoms with Crippen LogP contribution in [0.2, 0.25) is 0 Å². The van der Waals surface area contributed by atoms with Gasteiger partial charge in [-0.05, 0) is 48.8 Å². The van der Waals surface area contributed by atoms with Gasteiger partial charge in [0.2, 0.25) is 0 Å². The van der Waals surface area contributed by atoms with Crippen LogP contribution in [-0.2, 0) is 6.42 Å². The van der Waals surface area contributed by atoms with Crippen molar-refractivity contribution < 1.29 is 4.74 Å². The van der Waals surface area contributed by atoms with Crippen molar-refractivity contribution in [2.45, 2.75) is 78.1 Å². The number of aryl methyl sites for hydroxylation is 1. The maximum absolute atomic E-state index is 6.11. The lowest BCUT2D eigenvalue weighted by molar-refractivity contribution is 0.259. The van der Waals surface area contributed by atoms with E-state index in [0.29, 0.717) is 0 Å². The van der Waals surface area contributed by atoms with E-state index in [1.54, 1.807) is 6.33 Å². The molecule has 0 unspecified atom stereocenters. The van der Waals surface area contributed by atoms with E-state index in [2.05, 4.69) is 42.0 Å². The summed E-state index contributed by atoms with van der Waals surface area (Å²) in [5.41, 5.74) is 3.40. The molecule has 3 rings (SSSR count). The van der Waals surface area contributed by atoms with Gasteiger partial charge >= 0.3 is 0 Å². The summed E-state index contributed by atoms with van der Waals surface area (Å²) in [5, 5.41) is 0. The SMILES string of the molecule is CCCCCOc1ccccc1-c1ncncc1CCC1CCC(CC)CC1. The molecule has 1 aromatic carbocycles. The van der Waals surface area contributed by atoms with Crippen LogP contribution in [0.5, 0.6) is 5.75 Å². The number of unbranched alkanes of at least 4 members (excludes halogenated alkanes) is 2. The molecule has 0 spiro atoms. The Labute approximate surface area is 171 Å². The molecule has 1 aliphatic carbocycles. The minimum Gasteiger partial charge on any atom is -0.493 e. The van der Waals surface area contributed by atoms with Gasteiger partial charge in [0.25, 0.3) is 0 Å². The second kappa shape index (κ2) is 11.2. The molecule has 0 aliphatic heterocycles. The number of hydrogen-bond donors (Lipinski definition) is 0. The Morgan fingerprint density at radius 1 is 1.00 bits per heavy atom. The van der Waals surface area contributed by atoms with Crippen LogP contribution in [0.3, 0.4) is 0 Å². The number of rotatable bonds is 10. The first-order valence-corrected chi connectivity index (χ1v) is 11.3. The van der Waals surface area contributed by atoms with Crippen molar-refractivity contribution in [3.05, 3.63) is 42.4 Å². The molecule has 0 atom stereocenters. The zero-order chi connectivity index (χ0) is 19.6. The molecule has 1 heterocycles. The Morgan fingerprint density at radius 2 is 1.79 bits per heavy atom. The van der Waals surface area contributed by atoms with Crippen LogP contribution in [-0.4, -0.2) is 16.6 Å². The predicted molar refractivity (Wildman–Crippen MR) is 117 cm³/mol. The number of ether oxygens (including phenoxy) is 1. The Balaban J connectivity index is 1.67. The van der Waals surface area contributed by atoms with E-state index in [1.165, 1.54) is 56.9 Å². The molecule has 0 bridgehead atoms. The molecule has 0 radical (unpaired) electrons. The van der Waals surface area contributed by atoms with Crippen molar-refractivity contribution >= 4 is 0 Å². The minimum absolute atomic E-state index is 0.770. The first-order valence-electron chi connectivity index (χ1n) is 11.3. The Kier molecular flexibility index (Phi) is 8.32. The molecule has 1 aromatic heterocycles. The van der Waals surface area contributed by atoms with E-state index in [4.69, 9.17) is 4.74 Å². The van der Waals surface area contributed by atoms with Crippen LogP contribution < -0.4 is 4.74 Å². The number of aromatic nitrogens is 2. The summed E-state index contributed by atoms with van der Waals surface area (Å²) in [6.45, 7) is 5.32. The second-order valence-corrected chi connectivity index (χ2v) is 8.28. The lowest BCUT2D eigenvalue weighted by Gasteiger charge is -2.27. The van der Waals surface area contributed by atoms with E-state index < -0.39 is 0 Å². The van der Waals surface area contributed by atoms with Gasteiger partial charge in [-0.3, -0.25) is 0 Å². The third kappa shape index (κ3) is 5.80. The zero-order valence-corrected chi connectivity index (χ0v) is 17.7. The minimum atomic E-state index is 0.770. The summed E-state index contributed by atoms with van der Waals surface area (Å²) in [7, 11) is 0. The molecule has 2 aromatic rings. The number of benzene rings is 1. The molecule has 1 fully saturated rings. The van der Waals surface area contributed by atoms with Gasteiger partial charge in [-0.1, -0.05) is 70.9 Å². The van der Waals surface area contributed by atoms with E-state index in [-0.39, 0.29) is 0 Å². The van der Waals surface area contributed by atoms with E-state index in [1.807, 2.05) is 12.3 Å². The van der Waals surface area contributed by atoms with Crippen molar-refractivity contribution in [1.82, 2.24) is 9.97 Å². The first-order chi connectivity index (χ1) is 13.8. The maximum Gasteiger partial charge on any atom is 0.128 e. The third-order valence-corrected chi connectivity index (χ3v) is 6.30. The number of para-hydroxylation sites is 1. The van der Waals surface area contributed by atoms with E-state index >= 15 is 0 Å². The quantitative estimate of drug-likeness (QED) is 0.422. The van der Waals surface area contributed by atoms with Crippen LogP contribution in [0.15, 0.2) is 36.8 Å². The van der Waals surface area contributed by atoms with Gasteiger partial charge in [0.15, 0.2) is 0 Å². The summed E-state index contributed by atoms with van der Waals surface area (Å²) in [6, 6.07) is 8.32. The summed E-state index contributed by atoms with van der Waals surface area (Å²) in [5.74, 6) is 2.77. The molecule has 3 nitrogen and oxygen atoms in total. The average molecular weight is 381 g/mol.